The van der Waals surface area contributed by atoms with Crippen molar-refractivity contribution in [3.05, 3.63) is 53.2 Å². The number of carbonyl (C=O) groups excluding carboxylic acids is 2. The first-order valence-corrected chi connectivity index (χ1v) is 12.1. The van der Waals surface area contributed by atoms with Crippen molar-refractivity contribution < 1.29 is 28.5 Å². The highest BCUT2D eigenvalue weighted by Crippen LogP contribution is 2.52. The number of para-hydroxylation sites is 2. The van der Waals surface area contributed by atoms with Gasteiger partial charge in [-0.1, -0.05) is 26.0 Å². The summed E-state index contributed by atoms with van der Waals surface area (Å²) in [7, 11) is 4.66. The number of hydrogen-bond donors (Lipinski definition) is 1. The Morgan fingerprint density at radius 2 is 1.75 bits per heavy atom. The Morgan fingerprint density at radius 1 is 1.03 bits per heavy atom. The van der Waals surface area contributed by atoms with Crippen LogP contribution in [0.15, 0.2) is 47.7 Å². The molecule has 2 aliphatic rings. The zero-order valence-corrected chi connectivity index (χ0v) is 21.8. The van der Waals surface area contributed by atoms with Crippen molar-refractivity contribution >= 4 is 23.1 Å². The predicted octanol–water partition coefficient (Wildman–Crippen LogP) is 4.89. The summed E-state index contributed by atoms with van der Waals surface area (Å²) in [6.07, 6.45) is 1.07. The van der Waals surface area contributed by atoms with E-state index in [4.69, 9.17) is 18.9 Å². The second-order valence-corrected chi connectivity index (χ2v) is 9.73. The minimum atomic E-state index is -0.626. The third-order valence-electron chi connectivity index (χ3n) is 6.64. The molecule has 0 radical (unpaired) electrons. The molecule has 0 bridgehead atoms. The van der Waals surface area contributed by atoms with Gasteiger partial charge >= 0.3 is 5.97 Å². The molecule has 1 N–H and O–H groups in total. The SMILES string of the molecule is CCOC(=O)CN1c2ccccc2NC2=C(C(=O)CC(C)(C)C2)[C@@H]1c1ccc(OC)c(OC)c1OC. The van der Waals surface area contributed by atoms with Crippen LogP contribution in [0.1, 0.15) is 45.2 Å². The Labute approximate surface area is 212 Å². The van der Waals surface area contributed by atoms with Gasteiger partial charge in [0.1, 0.15) is 6.54 Å². The summed E-state index contributed by atoms with van der Waals surface area (Å²) in [6.45, 7) is 6.17. The van der Waals surface area contributed by atoms with Gasteiger partial charge in [-0.05, 0) is 43.0 Å². The van der Waals surface area contributed by atoms with E-state index < -0.39 is 6.04 Å². The van der Waals surface area contributed by atoms with Crippen LogP contribution in [-0.4, -0.2) is 46.2 Å². The number of Topliss-reactive ketones (excluding diaryl/α,β-unsaturated/α-hetero) is 1. The molecule has 0 saturated carbocycles. The molecule has 8 nitrogen and oxygen atoms in total. The van der Waals surface area contributed by atoms with Crippen molar-refractivity contribution in [2.75, 3.05) is 44.7 Å². The first-order valence-electron chi connectivity index (χ1n) is 12.1. The smallest absolute Gasteiger partial charge is 0.325 e. The second-order valence-electron chi connectivity index (χ2n) is 9.73. The second kappa shape index (κ2) is 10.1. The Bertz CT molecular complexity index is 1200. The number of nitrogens with zero attached hydrogens (tertiary/aromatic N) is 1. The minimum Gasteiger partial charge on any atom is -0.493 e. The largest absolute Gasteiger partial charge is 0.493 e. The molecular weight excluding hydrogens is 460 g/mol. The van der Waals surface area contributed by atoms with Crippen molar-refractivity contribution in [2.45, 2.75) is 39.7 Å². The zero-order valence-electron chi connectivity index (χ0n) is 21.8. The molecule has 0 spiro atoms. The molecule has 0 unspecified atom stereocenters. The molecule has 1 aliphatic heterocycles. The molecular formula is C28H34N2O6. The Kier molecular flexibility index (Phi) is 7.15. The first kappa shape index (κ1) is 25.4. The van der Waals surface area contributed by atoms with E-state index in [0.29, 0.717) is 41.2 Å². The summed E-state index contributed by atoms with van der Waals surface area (Å²) >= 11 is 0. The fourth-order valence-corrected chi connectivity index (χ4v) is 5.24. The van der Waals surface area contributed by atoms with Gasteiger partial charge in [0.25, 0.3) is 0 Å². The van der Waals surface area contributed by atoms with E-state index >= 15 is 0 Å². The average Bonchev–Trinajstić information content (AvgIpc) is 2.96. The number of carbonyl (C=O) groups is 2. The molecule has 1 atom stereocenters. The summed E-state index contributed by atoms with van der Waals surface area (Å²) in [4.78, 5) is 28.6. The monoisotopic (exact) mass is 494 g/mol. The summed E-state index contributed by atoms with van der Waals surface area (Å²) in [6, 6.07) is 10.8. The Balaban J connectivity index is 2.03. The van der Waals surface area contributed by atoms with Crippen LogP contribution < -0.4 is 24.4 Å². The molecule has 0 aromatic heterocycles. The number of rotatable bonds is 7. The van der Waals surface area contributed by atoms with Gasteiger partial charge in [-0.15, -0.1) is 0 Å². The average molecular weight is 495 g/mol. The van der Waals surface area contributed by atoms with Crippen LogP contribution in [0.5, 0.6) is 17.2 Å². The summed E-state index contributed by atoms with van der Waals surface area (Å²) in [5.41, 5.74) is 3.55. The molecule has 2 aromatic carbocycles. The molecule has 0 fully saturated rings. The highest BCUT2D eigenvalue weighted by Gasteiger charge is 2.43. The minimum absolute atomic E-state index is 0.0252. The highest BCUT2D eigenvalue weighted by molar-refractivity contribution is 6.02. The molecule has 36 heavy (non-hydrogen) atoms. The van der Waals surface area contributed by atoms with E-state index in [1.165, 1.54) is 0 Å². The van der Waals surface area contributed by atoms with Crippen LogP contribution in [0.25, 0.3) is 0 Å². The first-order chi connectivity index (χ1) is 17.2. The van der Waals surface area contributed by atoms with E-state index in [1.54, 1.807) is 34.3 Å². The van der Waals surface area contributed by atoms with Gasteiger partial charge in [0.2, 0.25) is 5.75 Å². The van der Waals surface area contributed by atoms with Crippen LogP contribution >= 0.6 is 0 Å². The number of benzene rings is 2. The summed E-state index contributed by atoms with van der Waals surface area (Å²) in [5.74, 6) is 1.01. The van der Waals surface area contributed by atoms with Crippen molar-refractivity contribution in [2.24, 2.45) is 5.41 Å². The van der Waals surface area contributed by atoms with Crippen LogP contribution in [0.2, 0.25) is 0 Å². The van der Waals surface area contributed by atoms with Gasteiger partial charge in [-0.2, -0.15) is 0 Å². The normalized spacial score (nSPS) is 18.4. The maximum Gasteiger partial charge on any atom is 0.325 e. The quantitative estimate of drug-likeness (QED) is 0.545. The molecule has 0 saturated heterocycles. The fraction of sp³-hybridized carbons (Fsp3) is 0.429. The molecule has 4 rings (SSSR count). The van der Waals surface area contributed by atoms with E-state index in [0.717, 1.165) is 17.1 Å². The molecule has 1 heterocycles. The molecule has 1 aliphatic carbocycles. The number of methoxy groups -OCH3 is 3. The Morgan fingerprint density at radius 3 is 2.42 bits per heavy atom. The standard InChI is InChI=1S/C28H34N2O6/c1-7-36-23(32)16-30-20-11-9-8-10-18(20)29-19-14-28(2,3)15-21(31)24(19)25(30)17-12-13-22(33-4)27(35-6)26(17)34-5/h8-13,25,29H,7,14-16H2,1-6H3/t25-/m0/s1. The zero-order chi connectivity index (χ0) is 26.0. The number of hydrogen-bond acceptors (Lipinski definition) is 8. The third kappa shape index (κ3) is 4.59. The van der Waals surface area contributed by atoms with Crippen molar-refractivity contribution in [1.29, 1.82) is 0 Å². The van der Waals surface area contributed by atoms with Gasteiger partial charge in [0, 0.05) is 23.3 Å². The van der Waals surface area contributed by atoms with Gasteiger partial charge in [-0.3, -0.25) is 9.59 Å². The van der Waals surface area contributed by atoms with E-state index in [1.807, 2.05) is 35.2 Å². The molecule has 0 amide bonds. The maximum atomic E-state index is 13.8. The number of ether oxygens (including phenoxy) is 4. The van der Waals surface area contributed by atoms with Crippen LogP contribution in [0.3, 0.4) is 0 Å². The molecule has 192 valence electrons. The number of ketones is 1. The van der Waals surface area contributed by atoms with Gasteiger partial charge < -0.3 is 29.2 Å². The fourth-order valence-electron chi connectivity index (χ4n) is 5.24. The van der Waals surface area contributed by atoms with Gasteiger partial charge in [-0.25, -0.2) is 0 Å². The summed E-state index contributed by atoms with van der Waals surface area (Å²) in [5, 5.41) is 3.54. The van der Waals surface area contributed by atoms with Crippen LogP contribution in [-0.2, 0) is 14.3 Å². The van der Waals surface area contributed by atoms with Gasteiger partial charge in [0.05, 0.1) is 45.4 Å². The predicted molar refractivity (Wildman–Crippen MR) is 138 cm³/mol. The van der Waals surface area contributed by atoms with E-state index in [2.05, 4.69) is 19.2 Å². The van der Waals surface area contributed by atoms with Crippen LogP contribution in [0.4, 0.5) is 11.4 Å². The van der Waals surface area contributed by atoms with Crippen molar-refractivity contribution in [3.63, 3.8) is 0 Å². The van der Waals surface area contributed by atoms with E-state index in [-0.39, 0.29) is 30.3 Å². The number of esters is 1. The number of anilines is 2. The lowest BCUT2D eigenvalue weighted by molar-refractivity contribution is -0.141. The third-order valence-corrected chi connectivity index (χ3v) is 6.64. The number of allylic oxidation sites excluding steroid dienone is 1. The lowest BCUT2D eigenvalue weighted by atomic mass is 9.73. The molecule has 8 heteroatoms. The van der Waals surface area contributed by atoms with Crippen molar-refractivity contribution in [3.8, 4) is 17.2 Å². The van der Waals surface area contributed by atoms with Crippen LogP contribution in [0, 0.1) is 5.41 Å². The lowest BCUT2D eigenvalue weighted by Crippen LogP contribution is -2.39. The van der Waals surface area contributed by atoms with Crippen molar-refractivity contribution in [1.82, 2.24) is 0 Å². The summed E-state index contributed by atoms with van der Waals surface area (Å²) < 4.78 is 22.3. The lowest BCUT2D eigenvalue weighted by Gasteiger charge is -2.38. The number of nitrogens with one attached hydrogen (secondary N) is 1. The Hall–Kier alpha value is -3.68. The number of fused-ring (bicyclic) bond motifs is 1. The van der Waals surface area contributed by atoms with E-state index in [9.17, 15) is 9.59 Å². The maximum absolute atomic E-state index is 13.8. The van der Waals surface area contributed by atoms with Gasteiger partial charge in [0.15, 0.2) is 17.3 Å². The topological polar surface area (TPSA) is 86.3 Å². The highest BCUT2D eigenvalue weighted by atomic mass is 16.5. The molecule has 2 aromatic rings.